The van der Waals surface area contributed by atoms with Crippen LogP contribution in [-0.2, 0) is 0 Å². The largest absolute Gasteiger partial charge is 0.240 e. The first-order valence-corrected chi connectivity index (χ1v) is 3.01. The second kappa shape index (κ2) is 2.63. The molecule has 0 N–H and O–H groups in total. The summed E-state index contributed by atoms with van der Waals surface area (Å²) in [5.41, 5.74) is 0.312. The van der Waals surface area contributed by atoms with Crippen LogP contribution in [-0.4, -0.2) is 9.97 Å². The molecular formula is C6H4ClN3. The van der Waals surface area contributed by atoms with E-state index in [1.807, 2.05) is 6.07 Å². The summed E-state index contributed by atoms with van der Waals surface area (Å²) in [6.07, 6.45) is 1.41. The van der Waals surface area contributed by atoms with Gasteiger partial charge in [-0.1, -0.05) is 11.6 Å². The molecule has 0 aliphatic carbocycles. The van der Waals surface area contributed by atoms with E-state index in [9.17, 15) is 0 Å². The maximum Gasteiger partial charge on any atom is 0.150 e. The van der Waals surface area contributed by atoms with E-state index in [0.29, 0.717) is 11.4 Å². The van der Waals surface area contributed by atoms with E-state index in [0.717, 1.165) is 0 Å². The molecule has 0 aliphatic heterocycles. The van der Waals surface area contributed by atoms with E-state index in [1.54, 1.807) is 6.92 Å². The Morgan fingerprint density at radius 3 is 2.90 bits per heavy atom. The first kappa shape index (κ1) is 6.97. The van der Waals surface area contributed by atoms with Crippen LogP contribution in [0.5, 0.6) is 0 Å². The zero-order valence-electron chi connectivity index (χ0n) is 5.30. The molecule has 0 saturated carbocycles. The van der Waals surface area contributed by atoms with Gasteiger partial charge in [-0.3, -0.25) is 0 Å². The van der Waals surface area contributed by atoms with Gasteiger partial charge in [0.15, 0.2) is 5.15 Å². The lowest BCUT2D eigenvalue weighted by atomic mass is 10.4. The molecule has 0 bridgehead atoms. The average molecular weight is 154 g/mol. The second-order valence-electron chi connectivity index (χ2n) is 1.73. The molecule has 0 fully saturated rings. The lowest BCUT2D eigenvalue weighted by Crippen LogP contribution is -1.89. The maximum atomic E-state index is 8.39. The predicted octanol–water partition coefficient (Wildman–Crippen LogP) is 1.31. The fourth-order valence-electron chi connectivity index (χ4n) is 0.517. The minimum absolute atomic E-state index is 0.218. The Balaban J connectivity index is 3.23. The van der Waals surface area contributed by atoms with Crippen molar-refractivity contribution in [3.05, 3.63) is 22.7 Å². The summed E-state index contributed by atoms with van der Waals surface area (Å²) >= 11 is 5.56. The minimum Gasteiger partial charge on any atom is -0.240 e. The molecule has 0 radical (unpaired) electrons. The summed E-state index contributed by atoms with van der Waals surface area (Å²) in [5.74, 6) is 0.573. The normalized spacial score (nSPS) is 8.90. The summed E-state index contributed by atoms with van der Waals surface area (Å²) in [7, 11) is 0. The highest BCUT2D eigenvalue weighted by Crippen LogP contribution is 2.08. The summed E-state index contributed by atoms with van der Waals surface area (Å²) in [6.45, 7) is 1.72. The smallest absolute Gasteiger partial charge is 0.150 e. The van der Waals surface area contributed by atoms with Gasteiger partial charge in [0, 0.05) is 6.20 Å². The molecule has 1 aromatic rings. The molecule has 1 rings (SSSR count). The Morgan fingerprint density at radius 1 is 1.70 bits per heavy atom. The Labute approximate surface area is 63.3 Å². The van der Waals surface area contributed by atoms with Crippen LogP contribution in [0.1, 0.15) is 11.4 Å². The van der Waals surface area contributed by atoms with E-state index in [-0.39, 0.29) is 5.15 Å². The topological polar surface area (TPSA) is 49.6 Å². The van der Waals surface area contributed by atoms with Crippen molar-refractivity contribution in [1.29, 1.82) is 5.26 Å². The van der Waals surface area contributed by atoms with Gasteiger partial charge in [-0.2, -0.15) is 5.26 Å². The standard InChI is InChI=1S/C6H4ClN3/c1-4-9-3-5(2-8)6(7)10-4/h3H,1H3. The van der Waals surface area contributed by atoms with Crippen LogP contribution in [0.3, 0.4) is 0 Å². The Morgan fingerprint density at radius 2 is 2.40 bits per heavy atom. The van der Waals surface area contributed by atoms with Crippen molar-refractivity contribution in [1.82, 2.24) is 9.97 Å². The van der Waals surface area contributed by atoms with Crippen LogP contribution >= 0.6 is 11.6 Å². The Hall–Kier alpha value is -1.14. The van der Waals surface area contributed by atoms with Gasteiger partial charge in [0.2, 0.25) is 0 Å². The lowest BCUT2D eigenvalue weighted by molar-refractivity contribution is 1.04. The quantitative estimate of drug-likeness (QED) is 0.528. The summed E-state index contributed by atoms with van der Waals surface area (Å²) in [6, 6.07) is 1.87. The van der Waals surface area contributed by atoms with Crippen molar-refractivity contribution < 1.29 is 0 Å². The van der Waals surface area contributed by atoms with E-state index in [4.69, 9.17) is 16.9 Å². The molecule has 10 heavy (non-hydrogen) atoms. The zero-order chi connectivity index (χ0) is 7.56. The summed E-state index contributed by atoms with van der Waals surface area (Å²) in [5, 5.41) is 8.61. The predicted molar refractivity (Wildman–Crippen MR) is 36.5 cm³/mol. The fraction of sp³-hybridized carbons (Fsp3) is 0.167. The van der Waals surface area contributed by atoms with Gasteiger partial charge in [0.05, 0.1) is 0 Å². The third-order valence-corrected chi connectivity index (χ3v) is 1.27. The minimum atomic E-state index is 0.218. The summed E-state index contributed by atoms with van der Waals surface area (Å²) in [4.78, 5) is 7.57. The molecule has 50 valence electrons. The van der Waals surface area contributed by atoms with Crippen molar-refractivity contribution in [2.24, 2.45) is 0 Å². The second-order valence-corrected chi connectivity index (χ2v) is 2.09. The summed E-state index contributed by atoms with van der Waals surface area (Å²) < 4.78 is 0. The van der Waals surface area contributed by atoms with Crippen LogP contribution in [0.15, 0.2) is 6.20 Å². The Kier molecular flexibility index (Phi) is 1.83. The highest BCUT2D eigenvalue weighted by Gasteiger charge is 1.99. The molecular weight excluding hydrogens is 150 g/mol. The number of halogens is 1. The van der Waals surface area contributed by atoms with Crippen LogP contribution in [0, 0.1) is 18.3 Å². The average Bonchev–Trinajstić information content (AvgIpc) is 1.88. The zero-order valence-corrected chi connectivity index (χ0v) is 6.05. The number of aromatic nitrogens is 2. The van der Waals surface area contributed by atoms with E-state index >= 15 is 0 Å². The molecule has 0 spiro atoms. The van der Waals surface area contributed by atoms with E-state index in [1.165, 1.54) is 6.20 Å². The molecule has 0 unspecified atom stereocenters. The van der Waals surface area contributed by atoms with Gasteiger partial charge in [-0.15, -0.1) is 0 Å². The van der Waals surface area contributed by atoms with Crippen molar-refractivity contribution >= 4 is 11.6 Å². The first-order valence-electron chi connectivity index (χ1n) is 2.63. The molecule has 0 atom stereocenters. The molecule has 0 amide bonds. The molecule has 0 saturated heterocycles. The van der Waals surface area contributed by atoms with Crippen LogP contribution in [0.4, 0.5) is 0 Å². The van der Waals surface area contributed by atoms with Crippen molar-refractivity contribution in [3.8, 4) is 6.07 Å². The maximum absolute atomic E-state index is 8.39. The van der Waals surface area contributed by atoms with Crippen LogP contribution in [0.2, 0.25) is 5.15 Å². The number of rotatable bonds is 0. The van der Waals surface area contributed by atoms with Gasteiger partial charge in [0.1, 0.15) is 17.5 Å². The molecule has 0 aromatic carbocycles. The molecule has 0 aliphatic rings. The molecule has 3 nitrogen and oxygen atoms in total. The van der Waals surface area contributed by atoms with Gasteiger partial charge >= 0.3 is 0 Å². The molecule has 4 heteroatoms. The van der Waals surface area contributed by atoms with Gasteiger partial charge in [-0.25, -0.2) is 9.97 Å². The third-order valence-electron chi connectivity index (χ3n) is 0.983. The monoisotopic (exact) mass is 153 g/mol. The number of hydrogen-bond acceptors (Lipinski definition) is 3. The van der Waals surface area contributed by atoms with Crippen LogP contribution < -0.4 is 0 Å². The first-order chi connectivity index (χ1) is 4.74. The van der Waals surface area contributed by atoms with Crippen molar-refractivity contribution in [2.75, 3.05) is 0 Å². The van der Waals surface area contributed by atoms with Gasteiger partial charge < -0.3 is 0 Å². The third kappa shape index (κ3) is 1.23. The van der Waals surface area contributed by atoms with Crippen molar-refractivity contribution in [3.63, 3.8) is 0 Å². The fourth-order valence-corrected chi connectivity index (χ4v) is 0.731. The highest BCUT2D eigenvalue weighted by atomic mass is 35.5. The SMILES string of the molecule is Cc1ncc(C#N)c(Cl)n1. The number of nitrogens with zero attached hydrogens (tertiary/aromatic N) is 3. The molecule has 1 heterocycles. The number of hydrogen-bond donors (Lipinski definition) is 0. The van der Waals surface area contributed by atoms with Crippen LogP contribution in [0.25, 0.3) is 0 Å². The number of aryl methyl sites for hydroxylation is 1. The van der Waals surface area contributed by atoms with Gasteiger partial charge in [-0.05, 0) is 6.92 Å². The van der Waals surface area contributed by atoms with Gasteiger partial charge in [0.25, 0.3) is 0 Å². The lowest BCUT2D eigenvalue weighted by Gasteiger charge is -1.92. The number of nitriles is 1. The van der Waals surface area contributed by atoms with Crippen molar-refractivity contribution in [2.45, 2.75) is 6.92 Å². The Bertz CT molecular complexity index is 290. The highest BCUT2D eigenvalue weighted by molar-refractivity contribution is 6.30. The van der Waals surface area contributed by atoms with E-state index in [2.05, 4.69) is 9.97 Å². The van der Waals surface area contributed by atoms with E-state index < -0.39 is 0 Å². The molecule has 1 aromatic heterocycles.